The van der Waals surface area contributed by atoms with E-state index in [0.29, 0.717) is 35.4 Å². The zero-order chi connectivity index (χ0) is 28.1. The molecule has 0 aliphatic carbocycles. The molecule has 2 aromatic heterocycles. The maximum atomic E-state index is 13.4. The summed E-state index contributed by atoms with van der Waals surface area (Å²) >= 11 is 6.01. The Morgan fingerprint density at radius 1 is 1.05 bits per heavy atom. The summed E-state index contributed by atoms with van der Waals surface area (Å²) in [5.74, 6) is 1.72. The molecule has 11 heteroatoms. The minimum atomic E-state index is -3.01. The van der Waals surface area contributed by atoms with E-state index >= 15 is 0 Å². The first kappa shape index (κ1) is 28.3. The first-order valence-electron chi connectivity index (χ1n) is 12.3. The number of aromatic nitrogens is 2. The number of fused-ring (bicyclic) bond motifs is 1. The van der Waals surface area contributed by atoms with Crippen molar-refractivity contribution in [3.63, 3.8) is 0 Å². The molecule has 1 N–H and O–H groups in total. The molecule has 2 heterocycles. The first-order chi connectivity index (χ1) is 19.2. The third kappa shape index (κ3) is 7.49. The van der Waals surface area contributed by atoms with Gasteiger partial charge in [0.2, 0.25) is 0 Å². The molecule has 0 saturated carbocycles. The Kier molecular flexibility index (Phi) is 8.86. The topological polar surface area (TPSA) is 94.3 Å². The van der Waals surface area contributed by atoms with E-state index in [1.54, 1.807) is 18.5 Å². The molecule has 0 amide bonds. The number of benzene rings is 3. The quantitative estimate of drug-likeness (QED) is 0.172. The van der Waals surface area contributed by atoms with Gasteiger partial charge in [-0.25, -0.2) is 8.42 Å². The fourth-order valence-electron chi connectivity index (χ4n) is 3.97. The number of hydrogen-bond acceptors (Lipinski definition) is 7. The zero-order valence-corrected chi connectivity index (χ0v) is 24.9. The molecular weight excluding hydrogens is 616 g/mol. The molecule has 0 spiro atoms. The number of furan rings is 1. The van der Waals surface area contributed by atoms with E-state index in [2.05, 4.69) is 15.3 Å². The average molecular weight is 641 g/mol. The van der Waals surface area contributed by atoms with Gasteiger partial charge in [-0.2, -0.15) is 0 Å². The van der Waals surface area contributed by atoms with Crippen LogP contribution in [0.15, 0.2) is 83.5 Å². The molecule has 205 valence electrons. The summed E-state index contributed by atoms with van der Waals surface area (Å²) in [5.41, 5.74) is 2.45. The zero-order valence-electron chi connectivity index (χ0n) is 21.5. The fourth-order valence-corrected chi connectivity index (χ4v) is 6.98. The Balaban J connectivity index is 1.29. The third-order valence-corrected chi connectivity index (χ3v) is 9.50. The van der Waals surface area contributed by atoms with Gasteiger partial charge in [-0.3, -0.25) is 0 Å². The number of hydrogen-bond donors (Lipinski definition) is 1. The summed E-state index contributed by atoms with van der Waals surface area (Å²) in [6.07, 6.45) is 2.78. The van der Waals surface area contributed by atoms with E-state index in [0.717, 1.165) is 30.9 Å². The molecule has 0 atom stereocenters. The van der Waals surface area contributed by atoms with Gasteiger partial charge in [-0.05, 0) is 0 Å². The van der Waals surface area contributed by atoms with Crippen LogP contribution in [0.4, 0.5) is 4.39 Å². The number of nitrogens with zero attached hydrogens (tertiary/aromatic N) is 2. The molecule has 0 fully saturated rings. The molecule has 0 aliphatic rings. The third-order valence-electron chi connectivity index (χ3n) is 5.94. The SMILES string of the molecule is CS(=O)(=O)CCNCc1ccc(-c2ccc3ncnc([As]c4ccc(OCc5cccc(F)c5)c(Cl)c4)c3c2)o1. The number of sulfone groups is 1. The maximum absolute atomic E-state index is 13.4. The molecule has 0 saturated heterocycles. The monoisotopic (exact) mass is 640 g/mol. The fraction of sp³-hybridized carbons (Fsp3) is 0.172. The molecule has 0 bridgehead atoms. The molecule has 5 rings (SSSR count). The van der Waals surface area contributed by atoms with Gasteiger partial charge >= 0.3 is 230 Å². The van der Waals surface area contributed by atoms with E-state index in [1.807, 2.05) is 48.5 Å². The van der Waals surface area contributed by atoms with Crippen LogP contribution >= 0.6 is 11.6 Å². The Labute approximate surface area is 243 Å². The summed E-state index contributed by atoms with van der Waals surface area (Å²) in [7, 11) is -3.01. The molecular formula is C29H25AsClFN3O4S. The molecule has 1 radical (unpaired) electrons. The number of ether oxygens (including phenoxy) is 1. The van der Waals surface area contributed by atoms with Crippen LogP contribution in [-0.4, -0.2) is 52.7 Å². The van der Waals surface area contributed by atoms with Crippen LogP contribution in [0.1, 0.15) is 11.3 Å². The van der Waals surface area contributed by atoms with Crippen LogP contribution in [0.2, 0.25) is 5.02 Å². The van der Waals surface area contributed by atoms with Gasteiger partial charge in [0.15, 0.2) is 0 Å². The van der Waals surface area contributed by atoms with Gasteiger partial charge < -0.3 is 0 Å². The summed E-state index contributed by atoms with van der Waals surface area (Å²) in [6, 6.07) is 21.7. The average Bonchev–Trinajstić information content (AvgIpc) is 3.39. The molecule has 7 nitrogen and oxygen atoms in total. The Morgan fingerprint density at radius 3 is 2.73 bits per heavy atom. The molecule has 0 aliphatic heterocycles. The number of halogens is 2. The second-order valence-corrected chi connectivity index (χ2v) is 14.3. The second kappa shape index (κ2) is 12.5. The van der Waals surface area contributed by atoms with Crippen molar-refractivity contribution < 1.29 is 22.0 Å². The predicted octanol–water partition coefficient (Wildman–Crippen LogP) is 4.05. The normalized spacial score (nSPS) is 12.0. The van der Waals surface area contributed by atoms with Crippen molar-refractivity contribution in [1.82, 2.24) is 15.3 Å². The van der Waals surface area contributed by atoms with Crippen molar-refractivity contribution >= 4 is 56.9 Å². The molecule has 40 heavy (non-hydrogen) atoms. The van der Waals surface area contributed by atoms with Crippen LogP contribution in [0.25, 0.3) is 22.2 Å². The Hall–Kier alpha value is -3.23. The number of rotatable bonds is 11. The standard InChI is InChI=1S/C29H25AsClFN3O4S/c1-40(36,37)12-11-33-16-23-7-10-27(39-23)20-5-8-26-24(14-20)29(35-18-34-26)30-21-6-9-28(25(31)15-21)38-17-19-3-2-4-22(32)13-19/h2-10,13-15,18,33H,11-12,16-17H2,1H3. The summed E-state index contributed by atoms with van der Waals surface area (Å²) in [5, 5.41) is 4.51. The summed E-state index contributed by atoms with van der Waals surface area (Å²) < 4.78 is 49.8. The van der Waals surface area contributed by atoms with Gasteiger partial charge in [-0.1, -0.05) is 0 Å². The van der Waals surface area contributed by atoms with E-state index in [-0.39, 0.29) is 18.2 Å². The van der Waals surface area contributed by atoms with Gasteiger partial charge in [0, 0.05) is 6.26 Å². The summed E-state index contributed by atoms with van der Waals surface area (Å²) in [6.45, 7) is 1.01. The summed E-state index contributed by atoms with van der Waals surface area (Å²) in [4.78, 5) is 9.00. The minimum absolute atomic E-state index is 0.0759. The van der Waals surface area contributed by atoms with Gasteiger partial charge in [-0.15, -0.1) is 0 Å². The Bertz CT molecular complexity index is 1760. The Morgan fingerprint density at radius 2 is 1.93 bits per heavy atom. The van der Waals surface area contributed by atoms with Crippen LogP contribution in [0.5, 0.6) is 5.75 Å². The van der Waals surface area contributed by atoms with Gasteiger partial charge in [0.05, 0.1) is 0 Å². The van der Waals surface area contributed by atoms with Crippen LogP contribution in [-0.2, 0) is 23.0 Å². The van der Waals surface area contributed by atoms with Crippen molar-refractivity contribution in [3.8, 4) is 17.1 Å². The predicted molar refractivity (Wildman–Crippen MR) is 156 cm³/mol. The van der Waals surface area contributed by atoms with Crippen molar-refractivity contribution in [2.75, 3.05) is 18.6 Å². The van der Waals surface area contributed by atoms with E-state index in [4.69, 9.17) is 20.8 Å². The van der Waals surface area contributed by atoms with Crippen LogP contribution in [0.3, 0.4) is 0 Å². The molecule has 5 aromatic rings. The molecule has 0 unspecified atom stereocenters. The van der Waals surface area contributed by atoms with Gasteiger partial charge in [0.1, 0.15) is 0 Å². The first-order valence-corrected chi connectivity index (χ1v) is 16.7. The van der Waals surface area contributed by atoms with E-state index < -0.39 is 25.6 Å². The van der Waals surface area contributed by atoms with Crippen molar-refractivity contribution in [2.24, 2.45) is 0 Å². The van der Waals surface area contributed by atoms with Gasteiger partial charge in [0.25, 0.3) is 0 Å². The molecule has 3 aromatic carbocycles. The van der Waals surface area contributed by atoms with Crippen LogP contribution < -0.4 is 18.9 Å². The second-order valence-electron chi connectivity index (χ2n) is 9.15. The van der Waals surface area contributed by atoms with E-state index in [1.165, 1.54) is 18.4 Å². The number of nitrogens with one attached hydrogen (secondary N) is 1. The van der Waals surface area contributed by atoms with Crippen molar-refractivity contribution in [2.45, 2.75) is 13.2 Å². The van der Waals surface area contributed by atoms with Crippen molar-refractivity contribution in [1.29, 1.82) is 0 Å². The van der Waals surface area contributed by atoms with Crippen molar-refractivity contribution in [3.05, 3.63) is 101 Å². The van der Waals surface area contributed by atoms with Crippen LogP contribution in [0, 0.1) is 5.82 Å². The van der Waals surface area contributed by atoms with E-state index in [9.17, 15) is 12.8 Å².